The van der Waals surface area contributed by atoms with E-state index in [1.54, 1.807) is 6.92 Å². The van der Waals surface area contributed by atoms with Crippen LogP contribution in [0.1, 0.15) is 31.1 Å². The van der Waals surface area contributed by atoms with E-state index in [0.29, 0.717) is 23.8 Å². The quantitative estimate of drug-likeness (QED) is 0.561. The number of aromatic nitrogens is 5. The molecule has 2 aromatic rings. The Morgan fingerprint density at radius 3 is 2.67 bits per heavy atom. The van der Waals surface area contributed by atoms with Crippen LogP contribution in [0, 0.1) is 6.92 Å². The van der Waals surface area contributed by atoms with Crippen molar-refractivity contribution >= 4 is 10.0 Å². The summed E-state index contributed by atoms with van der Waals surface area (Å²) in [5.74, 6) is 0.446. The van der Waals surface area contributed by atoms with Crippen LogP contribution in [0.5, 0.6) is 0 Å². The van der Waals surface area contributed by atoms with E-state index in [9.17, 15) is 8.42 Å². The summed E-state index contributed by atoms with van der Waals surface area (Å²) in [5.41, 5.74) is 0.965. The summed E-state index contributed by atoms with van der Waals surface area (Å²) in [6, 6.07) is 0.236. The van der Waals surface area contributed by atoms with E-state index < -0.39 is 10.0 Å². The van der Waals surface area contributed by atoms with Crippen LogP contribution in [-0.2, 0) is 23.1 Å². The predicted octanol–water partition coefficient (Wildman–Crippen LogP) is -0.187. The second kappa shape index (κ2) is 6.33. The molecule has 0 unspecified atom stereocenters. The Morgan fingerprint density at radius 1 is 1.29 bits per heavy atom. The lowest BCUT2D eigenvalue weighted by Crippen LogP contribution is -2.27. The van der Waals surface area contributed by atoms with E-state index in [1.165, 1.54) is 6.33 Å². The number of nitrogens with one attached hydrogen (secondary N) is 4. The standard InChI is InChI=1S/C11H19N7O2S/c1-7(2)12-4-9-11(8(3)16-17-9)21(19,20)15-5-10-13-6-14-18-10/h6-7,12,15H,4-5H2,1-3H3,(H,16,17)(H,13,14,18). The monoisotopic (exact) mass is 313 g/mol. The van der Waals surface area contributed by atoms with Gasteiger partial charge in [-0.05, 0) is 6.92 Å². The summed E-state index contributed by atoms with van der Waals surface area (Å²) in [6.45, 7) is 6.06. The average molecular weight is 313 g/mol. The molecule has 4 N–H and O–H groups in total. The molecule has 0 fully saturated rings. The smallest absolute Gasteiger partial charge is 0.244 e. The number of sulfonamides is 1. The molecule has 0 bridgehead atoms. The molecule has 2 aromatic heterocycles. The first kappa shape index (κ1) is 15.6. The van der Waals surface area contributed by atoms with Crippen molar-refractivity contribution in [1.29, 1.82) is 0 Å². The average Bonchev–Trinajstić information content (AvgIpc) is 3.03. The van der Waals surface area contributed by atoms with E-state index in [0.717, 1.165) is 0 Å². The summed E-state index contributed by atoms with van der Waals surface area (Å²) >= 11 is 0. The van der Waals surface area contributed by atoms with Crippen molar-refractivity contribution in [3.8, 4) is 0 Å². The number of H-pyrrole nitrogens is 2. The Bertz CT molecular complexity index is 676. The van der Waals surface area contributed by atoms with Gasteiger partial charge in [-0.15, -0.1) is 0 Å². The molecule has 0 spiro atoms. The highest BCUT2D eigenvalue weighted by atomic mass is 32.2. The van der Waals surface area contributed by atoms with Crippen molar-refractivity contribution in [2.45, 2.75) is 44.8 Å². The summed E-state index contributed by atoms with van der Waals surface area (Å²) in [5, 5.41) is 16.2. The third-order valence-corrected chi connectivity index (χ3v) is 4.41. The van der Waals surface area contributed by atoms with E-state index in [4.69, 9.17) is 0 Å². The number of aromatic amines is 2. The molecule has 2 heterocycles. The number of rotatable bonds is 7. The molecule has 0 saturated heterocycles. The zero-order valence-electron chi connectivity index (χ0n) is 12.1. The molecule has 0 aliphatic carbocycles. The fraction of sp³-hybridized carbons (Fsp3) is 0.545. The van der Waals surface area contributed by atoms with Crippen molar-refractivity contribution in [1.82, 2.24) is 35.4 Å². The van der Waals surface area contributed by atoms with Gasteiger partial charge in [0, 0.05) is 12.6 Å². The maximum atomic E-state index is 12.4. The molecule has 0 saturated carbocycles. The summed E-state index contributed by atoms with van der Waals surface area (Å²) < 4.78 is 27.3. The largest absolute Gasteiger partial charge is 0.309 e. The van der Waals surface area contributed by atoms with Gasteiger partial charge in [0.25, 0.3) is 0 Å². The van der Waals surface area contributed by atoms with Crippen LogP contribution in [0.25, 0.3) is 0 Å². The third kappa shape index (κ3) is 3.86. The molecular formula is C11H19N7O2S. The van der Waals surface area contributed by atoms with Gasteiger partial charge in [-0.25, -0.2) is 18.1 Å². The molecule has 0 aliphatic rings. The first-order chi connectivity index (χ1) is 9.90. The highest BCUT2D eigenvalue weighted by molar-refractivity contribution is 7.89. The first-order valence-corrected chi connectivity index (χ1v) is 7.99. The molecule has 10 heteroatoms. The van der Waals surface area contributed by atoms with Crippen molar-refractivity contribution in [2.24, 2.45) is 0 Å². The van der Waals surface area contributed by atoms with Gasteiger partial charge in [0.2, 0.25) is 10.0 Å². The fourth-order valence-electron chi connectivity index (χ4n) is 1.80. The lowest BCUT2D eigenvalue weighted by molar-refractivity contribution is 0.562. The van der Waals surface area contributed by atoms with Gasteiger partial charge in [0.15, 0.2) is 0 Å². The lowest BCUT2D eigenvalue weighted by atomic mass is 10.3. The lowest BCUT2D eigenvalue weighted by Gasteiger charge is -2.09. The highest BCUT2D eigenvalue weighted by Gasteiger charge is 2.24. The van der Waals surface area contributed by atoms with Crippen LogP contribution in [-0.4, -0.2) is 39.8 Å². The van der Waals surface area contributed by atoms with Gasteiger partial charge in [-0.2, -0.15) is 10.2 Å². The number of aryl methyl sites for hydroxylation is 1. The van der Waals surface area contributed by atoms with Crippen LogP contribution in [0.4, 0.5) is 0 Å². The third-order valence-electron chi connectivity index (χ3n) is 2.80. The van der Waals surface area contributed by atoms with E-state index in [-0.39, 0.29) is 17.5 Å². The first-order valence-electron chi connectivity index (χ1n) is 6.51. The minimum Gasteiger partial charge on any atom is -0.309 e. The van der Waals surface area contributed by atoms with Gasteiger partial charge in [0.05, 0.1) is 17.9 Å². The second-order valence-corrected chi connectivity index (χ2v) is 6.62. The SMILES string of the molecule is Cc1[nH]nc(CNC(C)C)c1S(=O)(=O)NCc1ncn[nH]1. The van der Waals surface area contributed by atoms with Gasteiger partial charge >= 0.3 is 0 Å². The van der Waals surface area contributed by atoms with Crippen LogP contribution >= 0.6 is 0 Å². The minimum atomic E-state index is -3.67. The zero-order valence-corrected chi connectivity index (χ0v) is 13.0. The van der Waals surface area contributed by atoms with Crippen molar-refractivity contribution in [3.63, 3.8) is 0 Å². The highest BCUT2D eigenvalue weighted by Crippen LogP contribution is 2.17. The normalized spacial score (nSPS) is 12.2. The Balaban J connectivity index is 2.16. The Labute approximate surface area is 123 Å². The Hall–Kier alpha value is -1.78. The summed E-state index contributed by atoms with van der Waals surface area (Å²) in [4.78, 5) is 4.05. The Kier molecular flexibility index (Phi) is 4.70. The van der Waals surface area contributed by atoms with Gasteiger partial charge in [-0.3, -0.25) is 10.2 Å². The van der Waals surface area contributed by atoms with Crippen molar-refractivity contribution in [3.05, 3.63) is 23.5 Å². The molecule has 9 nitrogen and oxygen atoms in total. The number of hydrogen-bond acceptors (Lipinski definition) is 6. The Morgan fingerprint density at radius 2 is 2.05 bits per heavy atom. The molecule has 0 atom stereocenters. The summed E-state index contributed by atoms with van der Waals surface area (Å²) in [7, 11) is -3.67. The minimum absolute atomic E-state index is 0.0456. The van der Waals surface area contributed by atoms with Crippen LogP contribution < -0.4 is 10.0 Å². The maximum absolute atomic E-state index is 12.4. The van der Waals surface area contributed by atoms with Crippen molar-refractivity contribution < 1.29 is 8.42 Å². The fourth-order valence-corrected chi connectivity index (χ4v) is 3.15. The summed E-state index contributed by atoms with van der Waals surface area (Å²) in [6.07, 6.45) is 1.32. The molecule has 0 radical (unpaired) electrons. The van der Waals surface area contributed by atoms with Crippen molar-refractivity contribution in [2.75, 3.05) is 0 Å². The van der Waals surface area contributed by atoms with E-state index >= 15 is 0 Å². The van der Waals surface area contributed by atoms with Crippen LogP contribution in [0.3, 0.4) is 0 Å². The molecule has 21 heavy (non-hydrogen) atoms. The molecule has 0 aliphatic heterocycles. The van der Waals surface area contributed by atoms with Gasteiger partial charge in [0.1, 0.15) is 17.0 Å². The number of hydrogen-bond donors (Lipinski definition) is 4. The number of nitrogens with zero attached hydrogens (tertiary/aromatic N) is 3. The molecule has 2 rings (SSSR count). The maximum Gasteiger partial charge on any atom is 0.244 e. The molecule has 0 aromatic carbocycles. The van der Waals surface area contributed by atoms with Gasteiger partial charge in [-0.1, -0.05) is 13.8 Å². The molecular weight excluding hydrogens is 294 g/mol. The van der Waals surface area contributed by atoms with Crippen LogP contribution in [0.15, 0.2) is 11.2 Å². The van der Waals surface area contributed by atoms with E-state index in [1.807, 2.05) is 13.8 Å². The second-order valence-electron chi connectivity index (χ2n) is 4.92. The molecule has 116 valence electrons. The van der Waals surface area contributed by atoms with E-state index in [2.05, 4.69) is 35.4 Å². The van der Waals surface area contributed by atoms with Gasteiger partial charge < -0.3 is 5.32 Å². The zero-order chi connectivity index (χ0) is 15.5. The molecule has 0 amide bonds. The van der Waals surface area contributed by atoms with Crippen LogP contribution in [0.2, 0.25) is 0 Å². The predicted molar refractivity (Wildman–Crippen MR) is 75.7 cm³/mol. The topological polar surface area (TPSA) is 128 Å².